The number of anilines is 1. The zero-order valence-electron chi connectivity index (χ0n) is 20.2. The molecule has 0 aliphatic heterocycles. The summed E-state index contributed by atoms with van der Waals surface area (Å²) in [5.74, 6) is -0.569. The SMILES string of the molecule is CCC(C(=O)Nc1nc(C)c(C(=O)OCC(C)C)s1)n1c(=O)cc(C)c2cc(C)cc(C)c21. The number of carbonyl (C=O) groups excluding carboxylic acids is 2. The molecule has 1 atom stereocenters. The van der Waals surface area contributed by atoms with E-state index < -0.39 is 12.0 Å². The smallest absolute Gasteiger partial charge is 0.350 e. The maximum atomic E-state index is 13.3. The van der Waals surface area contributed by atoms with E-state index >= 15 is 0 Å². The van der Waals surface area contributed by atoms with Crippen LogP contribution in [-0.2, 0) is 9.53 Å². The molecule has 0 saturated carbocycles. The molecule has 0 bridgehead atoms. The van der Waals surface area contributed by atoms with E-state index in [-0.39, 0.29) is 17.4 Å². The Hall–Kier alpha value is -3.00. The van der Waals surface area contributed by atoms with Crippen LogP contribution < -0.4 is 10.9 Å². The number of nitrogens with one attached hydrogen (secondary N) is 1. The Labute approximate surface area is 197 Å². The molecule has 8 heteroatoms. The van der Waals surface area contributed by atoms with Crippen LogP contribution in [0, 0.1) is 33.6 Å². The van der Waals surface area contributed by atoms with Gasteiger partial charge >= 0.3 is 5.97 Å². The van der Waals surface area contributed by atoms with Gasteiger partial charge in [-0.05, 0) is 57.2 Å². The molecular weight excluding hydrogens is 438 g/mol. The number of ether oxygens (including phenoxy) is 1. The number of hydrogen-bond acceptors (Lipinski definition) is 6. The Bertz CT molecular complexity index is 1270. The summed E-state index contributed by atoms with van der Waals surface area (Å²) in [7, 11) is 0. The van der Waals surface area contributed by atoms with Gasteiger partial charge < -0.3 is 10.1 Å². The molecule has 3 aromatic rings. The number of carbonyl (C=O) groups is 2. The highest BCUT2D eigenvalue weighted by atomic mass is 32.1. The lowest BCUT2D eigenvalue weighted by atomic mass is 10.0. The van der Waals surface area contributed by atoms with Gasteiger partial charge in [0.15, 0.2) is 5.13 Å². The molecule has 1 amide bonds. The Kier molecular flexibility index (Phi) is 7.37. The van der Waals surface area contributed by atoms with Crippen LogP contribution in [0.4, 0.5) is 5.13 Å². The zero-order chi connectivity index (χ0) is 24.4. The topological polar surface area (TPSA) is 90.3 Å². The van der Waals surface area contributed by atoms with Crippen molar-refractivity contribution in [1.29, 1.82) is 0 Å². The minimum absolute atomic E-state index is 0.220. The number of benzene rings is 1. The van der Waals surface area contributed by atoms with E-state index in [1.807, 2.05) is 53.7 Å². The fraction of sp³-hybridized carbons (Fsp3) is 0.440. The van der Waals surface area contributed by atoms with Crippen molar-refractivity contribution in [3.05, 3.63) is 55.8 Å². The van der Waals surface area contributed by atoms with Gasteiger partial charge in [0.2, 0.25) is 5.91 Å². The zero-order valence-corrected chi connectivity index (χ0v) is 21.1. The lowest BCUT2D eigenvalue weighted by Crippen LogP contribution is -2.33. The molecule has 0 fully saturated rings. The van der Waals surface area contributed by atoms with Gasteiger partial charge in [-0.25, -0.2) is 9.78 Å². The van der Waals surface area contributed by atoms with Crippen LogP contribution in [0.5, 0.6) is 0 Å². The average molecular weight is 470 g/mol. The van der Waals surface area contributed by atoms with Crippen LogP contribution >= 0.6 is 11.3 Å². The van der Waals surface area contributed by atoms with Gasteiger partial charge in [-0.2, -0.15) is 0 Å². The normalized spacial score (nSPS) is 12.2. The maximum absolute atomic E-state index is 13.3. The fourth-order valence-electron chi connectivity index (χ4n) is 3.95. The lowest BCUT2D eigenvalue weighted by molar-refractivity contribution is -0.119. The highest BCUT2D eigenvalue weighted by Gasteiger charge is 2.25. The Morgan fingerprint density at radius 1 is 1.12 bits per heavy atom. The van der Waals surface area contributed by atoms with Gasteiger partial charge in [0.1, 0.15) is 10.9 Å². The molecular formula is C25H31N3O4S. The first kappa shape index (κ1) is 24.6. The third-order valence-corrected chi connectivity index (χ3v) is 6.50. The molecule has 3 rings (SSSR count). The number of fused-ring (bicyclic) bond motifs is 1. The highest BCUT2D eigenvalue weighted by Crippen LogP contribution is 2.28. The fourth-order valence-corrected chi connectivity index (χ4v) is 4.82. The van der Waals surface area contributed by atoms with E-state index in [0.717, 1.165) is 38.9 Å². The summed E-state index contributed by atoms with van der Waals surface area (Å²) >= 11 is 1.08. The van der Waals surface area contributed by atoms with E-state index in [1.165, 1.54) is 0 Å². The van der Waals surface area contributed by atoms with Crippen LogP contribution in [0.3, 0.4) is 0 Å². The second-order valence-corrected chi connectivity index (χ2v) is 9.85. The molecule has 0 saturated heterocycles. The van der Waals surface area contributed by atoms with Crippen LogP contribution in [-0.4, -0.2) is 28.0 Å². The lowest BCUT2D eigenvalue weighted by Gasteiger charge is -2.22. The number of aryl methyl sites for hydroxylation is 4. The standard InChI is InChI=1S/C25H31N3O4S/c1-8-19(28-20(29)11-15(5)18-10-14(4)9-16(6)21(18)28)23(30)27-25-26-17(7)22(33-25)24(31)32-12-13(2)3/h9-11,13,19H,8,12H2,1-7H3,(H,26,27,30). The van der Waals surface area contributed by atoms with Crippen molar-refractivity contribution in [3.8, 4) is 0 Å². The third kappa shape index (κ3) is 5.16. The Morgan fingerprint density at radius 3 is 2.45 bits per heavy atom. The molecule has 0 aliphatic carbocycles. The monoisotopic (exact) mass is 469 g/mol. The summed E-state index contributed by atoms with van der Waals surface area (Å²) in [6.07, 6.45) is 0.421. The number of pyridine rings is 1. The summed E-state index contributed by atoms with van der Waals surface area (Å²) in [6.45, 7) is 13.7. The van der Waals surface area contributed by atoms with Gasteiger partial charge in [-0.15, -0.1) is 0 Å². The first-order chi connectivity index (χ1) is 15.5. The molecule has 0 aliphatic rings. The number of rotatable bonds is 7. The minimum Gasteiger partial charge on any atom is -0.461 e. The first-order valence-electron chi connectivity index (χ1n) is 11.1. The minimum atomic E-state index is -0.720. The van der Waals surface area contributed by atoms with E-state index in [4.69, 9.17) is 4.74 Å². The molecule has 1 N–H and O–H groups in total. The Balaban J connectivity index is 1.96. The second kappa shape index (κ2) is 9.87. The van der Waals surface area contributed by atoms with Crippen molar-refractivity contribution in [2.75, 3.05) is 11.9 Å². The van der Waals surface area contributed by atoms with Crippen molar-refractivity contribution in [3.63, 3.8) is 0 Å². The molecule has 176 valence electrons. The van der Waals surface area contributed by atoms with Crippen molar-refractivity contribution < 1.29 is 14.3 Å². The van der Waals surface area contributed by atoms with Crippen molar-refractivity contribution in [1.82, 2.24) is 9.55 Å². The molecule has 2 heterocycles. The van der Waals surface area contributed by atoms with E-state index in [9.17, 15) is 14.4 Å². The van der Waals surface area contributed by atoms with Gasteiger partial charge in [0.25, 0.3) is 5.56 Å². The summed E-state index contributed by atoms with van der Waals surface area (Å²) in [6, 6.07) is 4.91. The molecule has 7 nitrogen and oxygen atoms in total. The molecule has 33 heavy (non-hydrogen) atoms. The van der Waals surface area contributed by atoms with Crippen LogP contribution in [0.2, 0.25) is 0 Å². The van der Waals surface area contributed by atoms with Crippen molar-refractivity contribution in [2.24, 2.45) is 5.92 Å². The summed E-state index contributed by atoms with van der Waals surface area (Å²) in [4.78, 5) is 43.4. The third-order valence-electron chi connectivity index (χ3n) is 5.45. The largest absolute Gasteiger partial charge is 0.461 e. The molecule has 1 unspecified atom stereocenters. The van der Waals surface area contributed by atoms with Crippen molar-refractivity contribution >= 4 is 39.2 Å². The van der Waals surface area contributed by atoms with Gasteiger partial charge in [0.05, 0.1) is 17.8 Å². The van der Waals surface area contributed by atoms with Gasteiger partial charge in [-0.1, -0.05) is 43.7 Å². The number of thiazole rings is 1. The van der Waals surface area contributed by atoms with E-state index in [0.29, 0.717) is 28.7 Å². The number of amides is 1. The van der Waals surface area contributed by atoms with E-state index in [1.54, 1.807) is 17.6 Å². The number of esters is 1. The number of aromatic nitrogens is 2. The van der Waals surface area contributed by atoms with Crippen LogP contribution in [0.25, 0.3) is 10.9 Å². The second-order valence-electron chi connectivity index (χ2n) is 8.85. The van der Waals surface area contributed by atoms with Crippen LogP contribution in [0.1, 0.15) is 65.3 Å². The molecule has 1 aromatic carbocycles. The predicted octanol–water partition coefficient (Wildman–Crippen LogP) is 5.09. The summed E-state index contributed by atoms with van der Waals surface area (Å²) in [5, 5.41) is 4.08. The summed E-state index contributed by atoms with van der Waals surface area (Å²) < 4.78 is 6.87. The first-order valence-corrected chi connectivity index (χ1v) is 11.9. The van der Waals surface area contributed by atoms with Gasteiger partial charge in [0, 0.05) is 11.5 Å². The van der Waals surface area contributed by atoms with E-state index in [2.05, 4.69) is 10.3 Å². The van der Waals surface area contributed by atoms with Crippen LogP contribution in [0.15, 0.2) is 23.0 Å². The quantitative estimate of drug-likeness (QED) is 0.487. The molecule has 2 aromatic heterocycles. The van der Waals surface area contributed by atoms with Gasteiger partial charge in [-0.3, -0.25) is 14.2 Å². The maximum Gasteiger partial charge on any atom is 0.350 e. The average Bonchev–Trinajstić information content (AvgIpc) is 3.09. The van der Waals surface area contributed by atoms with Crippen molar-refractivity contribution in [2.45, 2.75) is 60.9 Å². The summed E-state index contributed by atoms with van der Waals surface area (Å²) in [5.41, 5.74) is 3.97. The Morgan fingerprint density at radius 2 is 1.82 bits per heavy atom. The number of nitrogens with zero attached hydrogens (tertiary/aromatic N) is 2. The predicted molar refractivity (Wildman–Crippen MR) is 132 cm³/mol. The highest BCUT2D eigenvalue weighted by molar-refractivity contribution is 7.17. The molecule has 0 spiro atoms. The molecule has 0 radical (unpaired) electrons. The number of hydrogen-bond donors (Lipinski definition) is 1.